The molecule has 0 aliphatic carbocycles. The molecule has 0 atom stereocenters. The van der Waals surface area contributed by atoms with E-state index in [1.807, 2.05) is 34.6 Å². The second-order valence-corrected chi connectivity index (χ2v) is 5.08. The van der Waals surface area contributed by atoms with E-state index in [9.17, 15) is 4.79 Å². The molecule has 1 heterocycles. The lowest BCUT2D eigenvalue weighted by Crippen LogP contribution is -2.22. The van der Waals surface area contributed by atoms with Gasteiger partial charge in [0.05, 0.1) is 6.20 Å². The molecule has 0 amide bonds. The molecule has 0 N–H and O–H groups in total. The summed E-state index contributed by atoms with van der Waals surface area (Å²) in [5, 5.41) is 7.86. The molecule has 0 aliphatic rings. The third kappa shape index (κ3) is 4.80. The highest BCUT2D eigenvalue weighted by molar-refractivity contribution is 5.86. The third-order valence-electron chi connectivity index (χ3n) is 1.85. The molecule has 0 spiro atoms. The molecule has 0 saturated carbocycles. The molecule has 1 aromatic rings. The average Bonchev–Trinajstić information content (AvgIpc) is 2.60. The fraction of sp³-hybridized carbons (Fsp3) is 0.583. The van der Waals surface area contributed by atoms with Gasteiger partial charge in [0.1, 0.15) is 11.3 Å². The first-order valence-corrected chi connectivity index (χ1v) is 5.61. The largest absolute Gasteiger partial charge is 0.457 e. The van der Waals surface area contributed by atoms with Gasteiger partial charge in [0.25, 0.3) is 0 Å². The van der Waals surface area contributed by atoms with Crippen LogP contribution in [0.2, 0.25) is 0 Å². The van der Waals surface area contributed by atoms with Crippen molar-refractivity contribution >= 4 is 12.0 Å². The number of rotatable bonds is 3. The van der Waals surface area contributed by atoms with Crippen LogP contribution in [0, 0.1) is 0 Å². The molecule has 1 rings (SSSR count). The predicted molar refractivity (Wildman–Crippen MR) is 65.3 cm³/mol. The van der Waals surface area contributed by atoms with Crippen LogP contribution in [0.5, 0.6) is 0 Å². The van der Waals surface area contributed by atoms with E-state index >= 15 is 0 Å². The van der Waals surface area contributed by atoms with Crippen LogP contribution in [0.1, 0.15) is 46.4 Å². The van der Waals surface area contributed by atoms with Gasteiger partial charge in [0.15, 0.2) is 0 Å². The number of hydrogen-bond donors (Lipinski definition) is 0. The Morgan fingerprint density at radius 3 is 2.59 bits per heavy atom. The van der Waals surface area contributed by atoms with Gasteiger partial charge in [-0.1, -0.05) is 5.21 Å². The zero-order valence-corrected chi connectivity index (χ0v) is 11.0. The molecular formula is C12H19N3O2. The lowest BCUT2D eigenvalue weighted by molar-refractivity contribution is -0.148. The first-order valence-electron chi connectivity index (χ1n) is 5.61. The molecule has 0 saturated heterocycles. The molecule has 94 valence electrons. The monoisotopic (exact) mass is 237 g/mol. The van der Waals surface area contributed by atoms with Crippen molar-refractivity contribution in [3.05, 3.63) is 18.0 Å². The summed E-state index contributed by atoms with van der Waals surface area (Å²) in [5.41, 5.74) is 0.168. The summed E-state index contributed by atoms with van der Waals surface area (Å²) in [7, 11) is 0. The minimum atomic E-state index is -0.475. The van der Waals surface area contributed by atoms with Gasteiger partial charge in [-0.05, 0) is 40.7 Å². The van der Waals surface area contributed by atoms with Crippen LogP contribution < -0.4 is 0 Å². The van der Waals surface area contributed by atoms with Gasteiger partial charge in [0, 0.05) is 12.1 Å². The topological polar surface area (TPSA) is 57.0 Å². The maximum absolute atomic E-state index is 11.4. The van der Waals surface area contributed by atoms with Gasteiger partial charge in [-0.25, -0.2) is 9.48 Å². The number of hydrogen-bond acceptors (Lipinski definition) is 4. The van der Waals surface area contributed by atoms with E-state index in [4.69, 9.17) is 4.74 Å². The van der Waals surface area contributed by atoms with Crippen molar-refractivity contribution < 1.29 is 9.53 Å². The Labute approximate surface area is 101 Å². The van der Waals surface area contributed by atoms with Crippen molar-refractivity contribution in [3.8, 4) is 0 Å². The second kappa shape index (κ2) is 5.12. The van der Waals surface area contributed by atoms with Gasteiger partial charge < -0.3 is 4.74 Å². The Kier molecular flexibility index (Phi) is 4.04. The number of ether oxygens (including phenoxy) is 1. The molecule has 0 fully saturated rings. The number of carbonyl (C=O) groups excluding carboxylic acids is 1. The van der Waals surface area contributed by atoms with E-state index in [2.05, 4.69) is 10.3 Å². The molecule has 0 unspecified atom stereocenters. The summed E-state index contributed by atoms with van der Waals surface area (Å²) >= 11 is 0. The van der Waals surface area contributed by atoms with Crippen LogP contribution in [0.25, 0.3) is 6.08 Å². The van der Waals surface area contributed by atoms with E-state index in [0.29, 0.717) is 5.69 Å². The van der Waals surface area contributed by atoms with Gasteiger partial charge in [-0.3, -0.25) is 0 Å². The first kappa shape index (κ1) is 13.4. The fourth-order valence-corrected chi connectivity index (χ4v) is 1.11. The standard InChI is InChI=1S/C12H19N3O2/c1-9(2)15-8-10(13-14-15)6-7-11(16)17-12(3,4)5/h6-9H,1-5H3. The van der Waals surface area contributed by atoms with Crippen LogP contribution in [-0.4, -0.2) is 26.6 Å². The van der Waals surface area contributed by atoms with Gasteiger partial charge in [0.2, 0.25) is 0 Å². The van der Waals surface area contributed by atoms with Gasteiger partial charge in [-0.2, -0.15) is 0 Å². The quantitative estimate of drug-likeness (QED) is 0.597. The SMILES string of the molecule is CC(C)n1cc(C=CC(=O)OC(C)(C)C)nn1. The molecule has 0 radical (unpaired) electrons. The number of nitrogens with zero attached hydrogens (tertiary/aromatic N) is 3. The third-order valence-corrected chi connectivity index (χ3v) is 1.85. The van der Waals surface area contributed by atoms with Crippen LogP contribution in [-0.2, 0) is 9.53 Å². The number of carbonyl (C=O) groups is 1. The summed E-state index contributed by atoms with van der Waals surface area (Å²) in [6, 6.07) is 0.256. The van der Waals surface area contributed by atoms with Crippen molar-refractivity contribution in [1.29, 1.82) is 0 Å². The van der Waals surface area contributed by atoms with Crippen LogP contribution >= 0.6 is 0 Å². The van der Waals surface area contributed by atoms with Crippen LogP contribution in [0.4, 0.5) is 0 Å². The lowest BCUT2D eigenvalue weighted by Gasteiger charge is -2.17. The van der Waals surface area contributed by atoms with E-state index in [-0.39, 0.29) is 12.0 Å². The van der Waals surface area contributed by atoms with Crippen LogP contribution in [0.15, 0.2) is 12.3 Å². The van der Waals surface area contributed by atoms with E-state index in [0.717, 1.165) is 0 Å². The normalized spacial score (nSPS) is 12.4. The smallest absolute Gasteiger partial charge is 0.331 e. The fourth-order valence-electron chi connectivity index (χ4n) is 1.11. The Morgan fingerprint density at radius 2 is 2.12 bits per heavy atom. The van der Waals surface area contributed by atoms with E-state index in [1.54, 1.807) is 17.0 Å². The molecule has 0 bridgehead atoms. The van der Waals surface area contributed by atoms with Crippen molar-refractivity contribution in [2.24, 2.45) is 0 Å². The van der Waals surface area contributed by atoms with Crippen molar-refractivity contribution in [1.82, 2.24) is 15.0 Å². The van der Waals surface area contributed by atoms with Gasteiger partial charge in [-0.15, -0.1) is 5.10 Å². The zero-order valence-electron chi connectivity index (χ0n) is 11.0. The Morgan fingerprint density at radius 1 is 1.47 bits per heavy atom. The summed E-state index contributed by atoms with van der Waals surface area (Å²) < 4.78 is 6.86. The minimum Gasteiger partial charge on any atom is -0.457 e. The van der Waals surface area contributed by atoms with Crippen molar-refractivity contribution in [3.63, 3.8) is 0 Å². The Hall–Kier alpha value is -1.65. The lowest BCUT2D eigenvalue weighted by atomic mass is 10.2. The Balaban J connectivity index is 2.61. The zero-order chi connectivity index (χ0) is 13.1. The molecule has 5 nitrogen and oxygen atoms in total. The maximum Gasteiger partial charge on any atom is 0.331 e. The van der Waals surface area contributed by atoms with Crippen molar-refractivity contribution in [2.75, 3.05) is 0 Å². The molecule has 5 heteroatoms. The average molecular weight is 237 g/mol. The number of esters is 1. The highest BCUT2D eigenvalue weighted by Crippen LogP contribution is 2.08. The highest BCUT2D eigenvalue weighted by Gasteiger charge is 2.13. The second-order valence-electron chi connectivity index (χ2n) is 5.08. The minimum absolute atomic E-state index is 0.256. The first-order chi connectivity index (χ1) is 7.78. The molecular weight excluding hydrogens is 218 g/mol. The summed E-state index contributed by atoms with van der Waals surface area (Å²) in [6.45, 7) is 9.50. The van der Waals surface area contributed by atoms with Gasteiger partial charge >= 0.3 is 5.97 Å². The summed E-state index contributed by atoms with van der Waals surface area (Å²) in [5.74, 6) is -0.378. The predicted octanol–water partition coefficient (Wildman–Crippen LogP) is 2.21. The molecule has 1 aromatic heterocycles. The van der Waals surface area contributed by atoms with Crippen molar-refractivity contribution in [2.45, 2.75) is 46.3 Å². The summed E-state index contributed by atoms with van der Waals surface area (Å²) in [6.07, 6.45) is 4.74. The van der Waals surface area contributed by atoms with Crippen LogP contribution in [0.3, 0.4) is 0 Å². The number of aromatic nitrogens is 3. The summed E-state index contributed by atoms with van der Waals surface area (Å²) in [4.78, 5) is 11.4. The molecule has 0 aromatic carbocycles. The molecule has 17 heavy (non-hydrogen) atoms. The molecule has 0 aliphatic heterocycles. The Bertz CT molecular complexity index is 414. The highest BCUT2D eigenvalue weighted by atomic mass is 16.6. The van der Waals surface area contributed by atoms with E-state index < -0.39 is 5.60 Å². The van der Waals surface area contributed by atoms with E-state index in [1.165, 1.54) is 6.08 Å². The maximum atomic E-state index is 11.4.